The molecule has 0 aliphatic heterocycles. The lowest BCUT2D eigenvalue weighted by Crippen LogP contribution is -2.14. The van der Waals surface area contributed by atoms with Gasteiger partial charge in [0, 0.05) is 6.61 Å². The highest BCUT2D eigenvalue weighted by molar-refractivity contribution is 7.87. The molecule has 0 radical (unpaired) electrons. The maximum absolute atomic E-state index is 13.5. The molecule has 0 fully saturated rings. The van der Waals surface area contributed by atoms with Crippen LogP contribution in [0.1, 0.15) is 5.56 Å². The van der Waals surface area contributed by atoms with Gasteiger partial charge in [0.1, 0.15) is 4.90 Å². The fourth-order valence-corrected chi connectivity index (χ4v) is 2.70. The molecule has 0 heterocycles. The third-order valence-corrected chi connectivity index (χ3v) is 4.21. The number of hydrogen-bond donors (Lipinski definition) is 1. The van der Waals surface area contributed by atoms with Crippen LogP contribution < -0.4 is 4.18 Å². The van der Waals surface area contributed by atoms with Crippen molar-refractivity contribution in [1.82, 2.24) is 0 Å². The summed E-state index contributed by atoms with van der Waals surface area (Å²) in [6.45, 7) is -0.187. The maximum atomic E-state index is 13.5. The normalized spacial score (nSPS) is 11.6. The van der Waals surface area contributed by atoms with Crippen molar-refractivity contribution in [2.45, 2.75) is 11.3 Å². The largest absolute Gasteiger partial charge is 0.396 e. The average Bonchev–Trinajstić information content (AvgIpc) is 2.56. The van der Waals surface area contributed by atoms with Crippen molar-refractivity contribution in [1.29, 1.82) is 0 Å². The van der Waals surface area contributed by atoms with E-state index in [1.54, 1.807) is 0 Å². The van der Waals surface area contributed by atoms with E-state index < -0.39 is 49.8 Å². The number of hydrogen-bond acceptors (Lipinski definition) is 4. The van der Waals surface area contributed by atoms with Crippen LogP contribution in [0.3, 0.4) is 0 Å². The molecule has 0 amide bonds. The van der Waals surface area contributed by atoms with E-state index in [-0.39, 0.29) is 13.0 Å². The average molecular weight is 368 g/mol. The van der Waals surface area contributed by atoms with Gasteiger partial charge in [-0.3, -0.25) is 0 Å². The van der Waals surface area contributed by atoms with Crippen molar-refractivity contribution < 1.29 is 39.7 Å². The summed E-state index contributed by atoms with van der Waals surface area (Å²) in [4.78, 5) is -0.562. The highest BCUT2D eigenvalue weighted by atomic mass is 32.2. The Hall–Kier alpha value is -2.20. The minimum Gasteiger partial charge on any atom is -0.396 e. The van der Waals surface area contributed by atoms with Crippen LogP contribution in [0.15, 0.2) is 29.2 Å². The summed E-state index contributed by atoms with van der Waals surface area (Å²) in [5.74, 6) is -13.8. The SMILES string of the molecule is O=S(=O)(Oc1c(F)c(F)c(F)c(F)c1F)c1ccc(CCO)cc1. The number of rotatable bonds is 5. The summed E-state index contributed by atoms with van der Waals surface area (Å²) in [7, 11) is -4.83. The Morgan fingerprint density at radius 2 is 1.29 bits per heavy atom. The Morgan fingerprint density at radius 1 is 0.833 bits per heavy atom. The summed E-state index contributed by atoms with van der Waals surface area (Å²) in [5.41, 5.74) is 0.563. The molecule has 0 unspecified atom stereocenters. The van der Waals surface area contributed by atoms with Gasteiger partial charge in [0.15, 0.2) is 0 Å². The third-order valence-electron chi connectivity index (χ3n) is 2.98. The van der Waals surface area contributed by atoms with Crippen LogP contribution in [0.25, 0.3) is 0 Å². The second kappa shape index (κ2) is 6.73. The number of benzene rings is 2. The highest BCUT2D eigenvalue weighted by Gasteiger charge is 2.30. The van der Waals surface area contributed by atoms with Gasteiger partial charge in [0.2, 0.25) is 34.8 Å². The lowest BCUT2D eigenvalue weighted by atomic mass is 10.2. The van der Waals surface area contributed by atoms with Crippen LogP contribution in [-0.2, 0) is 16.5 Å². The lowest BCUT2D eigenvalue weighted by Gasteiger charge is -2.10. The van der Waals surface area contributed by atoms with E-state index in [0.717, 1.165) is 12.1 Å². The predicted octanol–water partition coefficient (Wildman–Crippen LogP) is 2.68. The van der Waals surface area contributed by atoms with Gasteiger partial charge in [-0.2, -0.15) is 17.2 Å². The molecule has 0 aliphatic rings. The molecule has 0 atom stereocenters. The topological polar surface area (TPSA) is 63.6 Å². The van der Waals surface area contributed by atoms with Gasteiger partial charge in [0.25, 0.3) is 0 Å². The Bertz CT molecular complexity index is 837. The molecule has 0 saturated carbocycles. The third kappa shape index (κ3) is 3.34. The summed E-state index contributed by atoms with van der Waals surface area (Å²) >= 11 is 0. The molecule has 1 N–H and O–H groups in total. The van der Waals surface area contributed by atoms with E-state index in [1.165, 1.54) is 12.1 Å². The first-order chi connectivity index (χ1) is 11.2. The molecule has 2 aromatic rings. The molecular weight excluding hydrogens is 359 g/mol. The minimum atomic E-state index is -4.83. The van der Waals surface area contributed by atoms with Gasteiger partial charge in [-0.25, -0.2) is 13.2 Å². The van der Waals surface area contributed by atoms with E-state index in [4.69, 9.17) is 5.11 Å². The first kappa shape index (κ1) is 18.1. The molecule has 4 nitrogen and oxygen atoms in total. The molecule has 10 heteroatoms. The van der Waals surface area contributed by atoms with Gasteiger partial charge in [-0.05, 0) is 24.1 Å². The number of aliphatic hydroxyl groups is 1. The first-order valence-corrected chi connectivity index (χ1v) is 7.75. The van der Waals surface area contributed by atoms with Crippen molar-refractivity contribution in [3.05, 3.63) is 58.9 Å². The Labute approximate surface area is 133 Å². The molecule has 0 spiro atoms. The monoisotopic (exact) mass is 368 g/mol. The van der Waals surface area contributed by atoms with Crippen molar-refractivity contribution >= 4 is 10.1 Å². The van der Waals surface area contributed by atoms with Gasteiger partial charge in [0.05, 0.1) is 0 Å². The summed E-state index contributed by atoms with van der Waals surface area (Å²) in [6.07, 6.45) is 0.235. The predicted molar refractivity (Wildman–Crippen MR) is 71.3 cm³/mol. The van der Waals surface area contributed by atoms with Crippen molar-refractivity contribution in [2.75, 3.05) is 6.61 Å². The minimum absolute atomic E-state index is 0.187. The molecule has 2 rings (SSSR count). The van der Waals surface area contributed by atoms with E-state index in [2.05, 4.69) is 4.18 Å². The van der Waals surface area contributed by atoms with Crippen LogP contribution in [0.2, 0.25) is 0 Å². The van der Waals surface area contributed by atoms with E-state index in [9.17, 15) is 30.4 Å². The standard InChI is InChI=1S/C14H9F5O4S/c15-9-10(16)12(18)14(13(19)11(9)17)23-24(21,22)8-3-1-7(2-4-8)5-6-20/h1-4,20H,5-6H2. The smallest absolute Gasteiger partial charge is 0.339 e. The number of aliphatic hydroxyl groups excluding tert-OH is 1. The molecule has 130 valence electrons. The molecule has 24 heavy (non-hydrogen) atoms. The maximum Gasteiger partial charge on any atom is 0.339 e. The zero-order valence-corrected chi connectivity index (χ0v) is 12.5. The van der Waals surface area contributed by atoms with Crippen LogP contribution in [0.5, 0.6) is 5.75 Å². The highest BCUT2D eigenvalue weighted by Crippen LogP contribution is 2.31. The van der Waals surface area contributed by atoms with E-state index >= 15 is 0 Å². The molecule has 0 aliphatic carbocycles. The van der Waals surface area contributed by atoms with Crippen LogP contribution in [-0.4, -0.2) is 20.1 Å². The number of halogens is 5. The second-order valence-electron chi connectivity index (χ2n) is 4.55. The van der Waals surface area contributed by atoms with Crippen molar-refractivity contribution in [3.8, 4) is 5.75 Å². The quantitative estimate of drug-likeness (QED) is 0.382. The zero-order chi connectivity index (χ0) is 18.1. The zero-order valence-electron chi connectivity index (χ0n) is 11.7. The van der Waals surface area contributed by atoms with Crippen LogP contribution in [0, 0.1) is 29.1 Å². The van der Waals surface area contributed by atoms with Gasteiger partial charge < -0.3 is 9.29 Å². The van der Waals surface area contributed by atoms with Gasteiger partial charge in [-0.15, -0.1) is 0 Å². The lowest BCUT2D eigenvalue weighted by molar-refractivity contribution is 0.299. The van der Waals surface area contributed by atoms with Gasteiger partial charge in [-0.1, -0.05) is 12.1 Å². The molecular formula is C14H9F5O4S. The molecule has 0 aromatic heterocycles. The van der Waals surface area contributed by atoms with E-state index in [0.29, 0.717) is 5.56 Å². The van der Waals surface area contributed by atoms with Crippen molar-refractivity contribution in [3.63, 3.8) is 0 Å². The second-order valence-corrected chi connectivity index (χ2v) is 6.10. The molecule has 2 aromatic carbocycles. The first-order valence-electron chi connectivity index (χ1n) is 6.34. The fourth-order valence-electron chi connectivity index (χ4n) is 1.77. The van der Waals surface area contributed by atoms with Crippen LogP contribution >= 0.6 is 0 Å². The Morgan fingerprint density at radius 3 is 1.75 bits per heavy atom. The fraction of sp³-hybridized carbons (Fsp3) is 0.143. The summed E-state index contributed by atoms with van der Waals surface area (Å²) in [6, 6.07) is 4.61. The summed E-state index contributed by atoms with van der Waals surface area (Å²) in [5, 5.41) is 8.75. The van der Waals surface area contributed by atoms with Gasteiger partial charge >= 0.3 is 10.1 Å². The molecule has 0 saturated heterocycles. The molecule has 0 bridgehead atoms. The summed E-state index contributed by atoms with van der Waals surface area (Å²) < 4.78 is 94.0. The van der Waals surface area contributed by atoms with Crippen LogP contribution in [0.4, 0.5) is 22.0 Å². The van der Waals surface area contributed by atoms with E-state index in [1.807, 2.05) is 0 Å². The Balaban J connectivity index is 2.43. The van der Waals surface area contributed by atoms with Crippen molar-refractivity contribution in [2.24, 2.45) is 0 Å². The Kier molecular flexibility index (Phi) is 5.09.